The highest BCUT2D eigenvalue weighted by Gasteiger charge is 2.23. The Morgan fingerprint density at radius 1 is 1.53 bits per heavy atom. The van der Waals surface area contributed by atoms with Gasteiger partial charge in [-0.2, -0.15) is 0 Å². The molecule has 0 bridgehead atoms. The second-order valence-corrected chi connectivity index (χ2v) is 5.29. The van der Waals surface area contributed by atoms with E-state index in [1.165, 1.54) is 0 Å². The van der Waals surface area contributed by atoms with Crippen LogP contribution < -0.4 is 5.73 Å². The van der Waals surface area contributed by atoms with E-state index in [2.05, 4.69) is 4.98 Å². The molecule has 1 atom stereocenters. The summed E-state index contributed by atoms with van der Waals surface area (Å²) in [6.45, 7) is 7.88. The lowest BCUT2D eigenvalue weighted by Gasteiger charge is -2.31. The molecule has 1 aliphatic heterocycles. The summed E-state index contributed by atoms with van der Waals surface area (Å²) in [4.78, 5) is 18.5. The molecule has 2 rings (SSSR count). The molecule has 0 aliphatic carbocycles. The van der Waals surface area contributed by atoms with Crippen molar-refractivity contribution in [3.8, 4) is 0 Å². The van der Waals surface area contributed by atoms with Crippen LogP contribution in [0, 0.1) is 0 Å². The van der Waals surface area contributed by atoms with E-state index in [4.69, 9.17) is 10.5 Å². The summed E-state index contributed by atoms with van der Waals surface area (Å²) < 4.78 is 5.45. The molecule has 1 unspecified atom stereocenters. The van der Waals surface area contributed by atoms with Crippen LogP contribution in [0.15, 0.2) is 12.1 Å². The number of aromatic nitrogens is 1. The van der Waals surface area contributed by atoms with Crippen molar-refractivity contribution in [2.45, 2.75) is 32.8 Å². The van der Waals surface area contributed by atoms with Crippen molar-refractivity contribution < 1.29 is 9.53 Å². The molecule has 1 aromatic rings. The van der Waals surface area contributed by atoms with Crippen LogP contribution in [0.1, 0.15) is 42.7 Å². The smallest absolute Gasteiger partial charge is 0.254 e. The van der Waals surface area contributed by atoms with Crippen molar-refractivity contribution in [1.29, 1.82) is 0 Å². The van der Waals surface area contributed by atoms with E-state index in [1.54, 1.807) is 6.07 Å². The minimum Gasteiger partial charge on any atom is -0.384 e. The molecule has 1 saturated heterocycles. The summed E-state index contributed by atoms with van der Waals surface area (Å²) in [5, 5.41) is 0. The predicted octanol–water partition coefficient (Wildman–Crippen LogP) is 1.65. The largest absolute Gasteiger partial charge is 0.384 e. The lowest BCUT2D eigenvalue weighted by Crippen LogP contribution is -2.44. The maximum Gasteiger partial charge on any atom is 0.254 e. The molecule has 1 aromatic heterocycles. The van der Waals surface area contributed by atoms with Gasteiger partial charge in [-0.3, -0.25) is 4.79 Å². The van der Waals surface area contributed by atoms with Crippen LogP contribution in [-0.2, 0) is 4.74 Å². The summed E-state index contributed by atoms with van der Waals surface area (Å²) >= 11 is 0. The average molecular weight is 263 g/mol. The number of morpholine rings is 1. The van der Waals surface area contributed by atoms with E-state index in [9.17, 15) is 4.79 Å². The van der Waals surface area contributed by atoms with Gasteiger partial charge in [-0.1, -0.05) is 13.8 Å². The van der Waals surface area contributed by atoms with E-state index in [-0.39, 0.29) is 17.9 Å². The topological polar surface area (TPSA) is 68.5 Å². The second kappa shape index (κ2) is 5.57. The Kier molecular flexibility index (Phi) is 4.04. The monoisotopic (exact) mass is 263 g/mol. The SMILES string of the molecule is CC1CN(C(=O)c2cc(N)nc(C(C)C)c2)CCO1. The average Bonchev–Trinajstić information content (AvgIpc) is 2.37. The third-order valence-electron chi connectivity index (χ3n) is 3.23. The number of ether oxygens (including phenoxy) is 1. The fraction of sp³-hybridized carbons (Fsp3) is 0.571. The van der Waals surface area contributed by atoms with Gasteiger partial charge in [-0.05, 0) is 25.0 Å². The van der Waals surface area contributed by atoms with E-state index < -0.39 is 0 Å². The highest BCUT2D eigenvalue weighted by Crippen LogP contribution is 2.18. The van der Waals surface area contributed by atoms with Crippen molar-refractivity contribution in [2.24, 2.45) is 0 Å². The minimum absolute atomic E-state index is 0.00569. The molecule has 1 amide bonds. The zero-order chi connectivity index (χ0) is 14.0. The summed E-state index contributed by atoms with van der Waals surface area (Å²) in [5.41, 5.74) is 7.25. The van der Waals surface area contributed by atoms with Gasteiger partial charge in [0.2, 0.25) is 0 Å². The number of amides is 1. The Balaban J connectivity index is 2.23. The Morgan fingerprint density at radius 2 is 2.26 bits per heavy atom. The molecule has 19 heavy (non-hydrogen) atoms. The molecular formula is C14H21N3O2. The number of hydrogen-bond donors (Lipinski definition) is 1. The first-order chi connectivity index (χ1) is 8.97. The van der Waals surface area contributed by atoms with Crippen LogP contribution in [0.4, 0.5) is 5.82 Å². The van der Waals surface area contributed by atoms with Gasteiger partial charge in [0.05, 0.1) is 12.7 Å². The number of nitrogens with zero attached hydrogens (tertiary/aromatic N) is 2. The van der Waals surface area contributed by atoms with Gasteiger partial charge < -0.3 is 15.4 Å². The number of anilines is 1. The first kappa shape index (κ1) is 13.8. The van der Waals surface area contributed by atoms with E-state index in [0.717, 1.165) is 5.69 Å². The summed E-state index contributed by atoms with van der Waals surface area (Å²) in [6, 6.07) is 3.48. The molecule has 0 saturated carbocycles. The van der Waals surface area contributed by atoms with Gasteiger partial charge in [0, 0.05) is 24.3 Å². The molecule has 0 aromatic carbocycles. The lowest BCUT2D eigenvalue weighted by molar-refractivity contribution is -0.0124. The van der Waals surface area contributed by atoms with Crippen molar-refractivity contribution >= 4 is 11.7 Å². The van der Waals surface area contributed by atoms with Gasteiger partial charge in [0.15, 0.2) is 0 Å². The fourth-order valence-corrected chi connectivity index (χ4v) is 2.18. The molecule has 1 aliphatic rings. The predicted molar refractivity (Wildman–Crippen MR) is 74.1 cm³/mol. The molecule has 1 fully saturated rings. The third kappa shape index (κ3) is 3.23. The normalized spacial score (nSPS) is 19.8. The first-order valence-corrected chi connectivity index (χ1v) is 6.65. The number of carbonyl (C=O) groups is 1. The zero-order valence-corrected chi connectivity index (χ0v) is 11.7. The molecule has 5 heteroatoms. The van der Waals surface area contributed by atoms with Crippen LogP contribution in [0.5, 0.6) is 0 Å². The van der Waals surface area contributed by atoms with Gasteiger partial charge >= 0.3 is 0 Å². The number of nitrogens with two attached hydrogens (primary N) is 1. The van der Waals surface area contributed by atoms with Crippen molar-refractivity contribution in [3.63, 3.8) is 0 Å². The molecule has 104 valence electrons. The molecule has 2 heterocycles. The Labute approximate surface area is 113 Å². The first-order valence-electron chi connectivity index (χ1n) is 6.65. The number of carbonyl (C=O) groups excluding carboxylic acids is 1. The maximum absolute atomic E-state index is 12.5. The van der Waals surface area contributed by atoms with Crippen LogP contribution in [-0.4, -0.2) is 41.6 Å². The van der Waals surface area contributed by atoms with Gasteiger partial charge in [-0.15, -0.1) is 0 Å². The standard InChI is InChI=1S/C14H21N3O2/c1-9(2)12-6-11(7-13(15)16-12)14(18)17-4-5-19-10(3)8-17/h6-7,9-10H,4-5,8H2,1-3H3,(H2,15,16). The minimum atomic E-state index is 0.00569. The summed E-state index contributed by atoms with van der Waals surface area (Å²) in [7, 11) is 0. The summed E-state index contributed by atoms with van der Waals surface area (Å²) in [5.74, 6) is 0.653. The number of pyridine rings is 1. The molecule has 2 N–H and O–H groups in total. The zero-order valence-electron chi connectivity index (χ0n) is 11.7. The highest BCUT2D eigenvalue weighted by atomic mass is 16.5. The lowest BCUT2D eigenvalue weighted by atomic mass is 10.1. The number of nitrogen functional groups attached to an aromatic ring is 1. The van der Waals surface area contributed by atoms with E-state index in [1.807, 2.05) is 31.7 Å². The molecule has 0 radical (unpaired) electrons. The van der Waals surface area contributed by atoms with Crippen LogP contribution in [0.25, 0.3) is 0 Å². The highest BCUT2D eigenvalue weighted by molar-refractivity contribution is 5.95. The van der Waals surface area contributed by atoms with Crippen LogP contribution in [0.3, 0.4) is 0 Å². The number of hydrogen-bond acceptors (Lipinski definition) is 4. The number of rotatable bonds is 2. The van der Waals surface area contributed by atoms with Crippen molar-refractivity contribution in [2.75, 3.05) is 25.4 Å². The van der Waals surface area contributed by atoms with Gasteiger partial charge in [0.1, 0.15) is 5.82 Å². The van der Waals surface area contributed by atoms with Crippen LogP contribution >= 0.6 is 0 Å². The molecule has 5 nitrogen and oxygen atoms in total. The molecule has 0 spiro atoms. The van der Waals surface area contributed by atoms with E-state index in [0.29, 0.717) is 31.1 Å². The third-order valence-corrected chi connectivity index (χ3v) is 3.23. The maximum atomic E-state index is 12.5. The van der Waals surface area contributed by atoms with Crippen molar-refractivity contribution in [1.82, 2.24) is 9.88 Å². The Morgan fingerprint density at radius 3 is 2.89 bits per heavy atom. The molecular weight excluding hydrogens is 242 g/mol. The second-order valence-electron chi connectivity index (χ2n) is 5.29. The van der Waals surface area contributed by atoms with Crippen molar-refractivity contribution in [3.05, 3.63) is 23.4 Å². The van der Waals surface area contributed by atoms with Gasteiger partial charge in [0.25, 0.3) is 5.91 Å². The fourth-order valence-electron chi connectivity index (χ4n) is 2.18. The van der Waals surface area contributed by atoms with Gasteiger partial charge in [-0.25, -0.2) is 4.98 Å². The van der Waals surface area contributed by atoms with E-state index >= 15 is 0 Å². The Bertz CT molecular complexity index is 474. The quantitative estimate of drug-likeness (QED) is 0.881. The van der Waals surface area contributed by atoms with Crippen LogP contribution in [0.2, 0.25) is 0 Å². The summed E-state index contributed by atoms with van der Waals surface area (Å²) in [6.07, 6.45) is 0.0847. The Hall–Kier alpha value is -1.62.